The van der Waals surface area contributed by atoms with Crippen LogP contribution in [0.3, 0.4) is 0 Å². The molecule has 0 heterocycles. The van der Waals surface area contributed by atoms with Gasteiger partial charge in [0, 0.05) is 12.6 Å². The van der Waals surface area contributed by atoms with Crippen LogP contribution in [-0.4, -0.2) is 29.5 Å². The summed E-state index contributed by atoms with van der Waals surface area (Å²) >= 11 is 0. The predicted molar refractivity (Wildman–Crippen MR) is 74.1 cm³/mol. The number of hydrazine groups is 1. The Morgan fingerprint density at radius 3 is 2.33 bits per heavy atom. The Morgan fingerprint density at radius 1 is 1.06 bits per heavy atom. The average Bonchev–Trinajstić information content (AvgIpc) is 3.28. The van der Waals surface area contributed by atoms with Crippen molar-refractivity contribution in [1.82, 2.24) is 10.3 Å². The third-order valence-corrected chi connectivity index (χ3v) is 4.42. The minimum Gasteiger partial charge on any atom is -0.339 e. The minimum atomic E-state index is 0.505. The molecule has 0 aromatic heterocycles. The molecular weight excluding hydrogens is 224 g/mol. The fourth-order valence-electron chi connectivity index (χ4n) is 2.95. The van der Waals surface area contributed by atoms with Crippen LogP contribution in [0.1, 0.15) is 57.8 Å². The summed E-state index contributed by atoms with van der Waals surface area (Å²) in [6.45, 7) is 1.17. The number of hydrogen-bond donors (Lipinski definition) is 2. The van der Waals surface area contributed by atoms with Crippen LogP contribution < -0.4 is 11.3 Å². The van der Waals surface area contributed by atoms with Crippen LogP contribution in [0.15, 0.2) is 4.99 Å². The van der Waals surface area contributed by atoms with E-state index in [9.17, 15) is 0 Å². The molecule has 0 aromatic rings. The van der Waals surface area contributed by atoms with E-state index in [0.717, 1.165) is 11.9 Å². The standard InChI is InChI=1S/C14H26N4/c15-17-14(16-12-4-2-1-3-5-12)18(13-8-9-13)10-11-6-7-11/h11-13H,1-10,15H2,(H,16,17). The molecule has 3 N–H and O–H groups in total. The Balaban J connectivity index is 1.64. The first-order chi connectivity index (χ1) is 8.86. The van der Waals surface area contributed by atoms with Crippen molar-refractivity contribution in [3.63, 3.8) is 0 Å². The molecule has 3 aliphatic carbocycles. The smallest absolute Gasteiger partial charge is 0.208 e. The van der Waals surface area contributed by atoms with Crippen LogP contribution in [0.4, 0.5) is 0 Å². The second-order valence-corrected chi connectivity index (χ2v) is 6.22. The topological polar surface area (TPSA) is 53.6 Å². The fourth-order valence-corrected chi connectivity index (χ4v) is 2.95. The molecule has 0 aromatic carbocycles. The second-order valence-electron chi connectivity index (χ2n) is 6.22. The molecule has 102 valence electrons. The van der Waals surface area contributed by atoms with Crippen molar-refractivity contribution in [3.8, 4) is 0 Å². The first-order valence-electron chi connectivity index (χ1n) is 7.68. The SMILES string of the molecule is NNC(=NC1CCCCC1)N(CC1CC1)C1CC1. The molecule has 0 radical (unpaired) electrons. The van der Waals surface area contributed by atoms with Crippen molar-refractivity contribution in [2.24, 2.45) is 16.8 Å². The van der Waals surface area contributed by atoms with Crippen LogP contribution in [0, 0.1) is 5.92 Å². The average molecular weight is 250 g/mol. The highest BCUT2D eigenvalue weighted by atomic mass is 15.4. The van der Waals surface area contributed by atoms with Crippen LogP contribution in [0.2, 0.25) is 0 Å². The van der Waals surface area contributed by atoms with E-state index < -0.39 is 0 Å². The van der Waals surface area contributed by atoms with Gasteiger partial charge in [-0.2, -0.15) is 0 Å². The molecule has 0 aliphatic heterocycles. The quantitative estimate of drug-likeness (QED) is 0.347. The lowest BCUT2D eigenvalue weighted by Crippen LogP contribution is -2.47. The van der Waals surface area contributed by atoms with Gasteiger partial charge in [-0.25, -0.2) is 10.8 Å². The van der Waals surface area contributed by atoms with Gasteiger partial charge < -0.3 is 4.90 Å². The molecule has 18 heavy (non-hydrogen) atoms. The normalized spacial score (nSPS) is 26.2. The van der Waals surface area contributed by atoms with E-state index in [2.05, 4.69) is 10.3 Å². The highest BCUT2D eigenvalue weighted by molar-refractivity contribution is 5.80. The Kier molecular flexibility index (Phi) is 3.73. The Labute approximate surface area is 110 Å². The summed E-state index contributed by atoms with van der Waals surface area (Å²) in [5.74, 6) is 7.60. The van der Waals surface area contributed by atoms with Gasteiger partial charge in [0.2, 0.25) is 5.96 Å². The number of nitrogens with zero attached hydrogens (tertiary/aromatic N) is 2. The van der Waals surface area contributed by atoms with Gasteiger partial charge in [0.15, 0.2) is 0 Å². The predicted octanol–water partition coefficient (Wildman–Crippen LogP) is 2.01. The molecule has 3 saturated carbocycles. The van der Waals surface area contributed by atoms with E-state index >= 15 is 0 Å². The zero-order valence-corrected chi connectivity index (χ0v) is 11.3. The minimum absolute atomic E-state index is 0.505. The molecule has 4 nitrogen and oxygen atoms in total. The van der Waals surface area contributed by atoms with E-state index in [-0.39, 0.29) is 0 Å². The summed E-state index contributed by atoms with van der Waals surface area (Å²) in [4.78, 5) is 7.35. The molecular formula is C14H26N4. The molecule has 3 rings (SSSR count). The van der Waals surface area contributed by atoms with Crippen molar-refractivity contribution < 1.29 is 0 Å². The molecule has 4 heteroatoms. The maximum absolute atomic E-state index is 5.73. The summed E-state index contributed by atoms with van der Waals surface area (Å²) in [7, 11) is 0. The van der Waals surface area contributed by atoms with E-state index in [1.54, 1.807) is 0 Å². The molecule has 3 aliphatic rings. The zero-order valence-electron chi connectivity index (χ0n) is 11.3. The van der Waals surface area contributed by atoms with Crippen LogP contribution in [0.25, 0.3) is 0 Å². The number of guanidine groups is 1. The number of hydrogen-bond acceptors (Lipinski definition) is 2. The van der Waals surface area contributed by atoms with Crippen molar-refractivity contribution in [1.29, 1.82) is 0 Å². The summed E-state index contributed by atoms with van der Waals surface area (Å²) < 4.78 is 0. The zero-order chi connectivity index (χ0) is 12.4. The molecule has 0 amide bonds. The lowest BCUT2D eigenvalue weighted by Gasteiger charge is -2.28. The Hall–Kier alpha value is -0.770. The molecule has 3 fully saturated rings. The monoisotopic (exact) mass is 250 g/mol. The fraction of sp³-hybridized carbons (Fsp3) is 0.929. The van der Waals surface area contributed by atoms with E-state index in [1.165, 1.54) is 64.3 Å². The van der Waals surface area contributed by atoms with E-state index in [0.29, 0.717) is 12.1 Å². The first-order valence-corrected chi connectivity index (χ1v) is 7.68. The van der Waals surface area contributed by atoms with E-state index in [1.807, 2.05) is 0 Å². The molecule has 0 unspecified atom stereocenters. The summed E-state index contributed by atoms with van der Waals surface area (Å²) in [6, 6.07) is 1.22. The van der Waals surface area contributed by atoms with Gasteiger partial charge in [0.25, 0.3) is 0 Å². The van der Waals surface area contributed by atoms with Gasteiger partial charge in [0.05, 0.1) is 6.04 Å². The second kappa shape index (κ2) is 5.47. The highest BCUT2D eigenvalue weighted by Gasteiger charge is 2.35. The Bertz CT molecular complexity index is 301. The van der Waals surface area contributed by atoms with Crippen molar-refractivity contribution >= 4 is 5.96 Å². The van der Waals surface area contributed by atoms with Crippen molar-refractivity contribution in [3.05, 3.63) is 0 Å². The van der Waals surface area contributed by atoms with Gasteiger partial charge in [0.1, 0.15) is 0 Å². The maximum atomic E-state index is 5.73. The third kappa shape index (κ3) is 3.16. The highest BCUT2D eigenvalue weighted by Crippen LogP contribution is 2.35. The van der Waals surface area contributed by atoms with Crippen LogP contribution in [0.5, 0.6) is 0 Å². The van der Waals surface area contributed by atoms with Crippen molar-refractivity contribution in [2.75, 3.05) is 6.54 Å². The van der Waals surface area contributed by atoms with Crippen molar-refractivity contribution in [2.45, 2.75) is 69.9 Å². The third-order valence-electron chi connectivity index (χ3n) is 4.42. The molecule has 0 saturated heterocycles. The maximum Gasteiger partial charge on any atom is 0.208 e. The lowest BCUT2D eigenvalue weighted by atomic mass is 9.96. The van der Waals surface area contributed by atoms with Crippen LogP contribution in [-0.2, 0) is 0 Å². The number of nitrogens with one attached hydrogen (secondary N) is 1. The first kappa shape index (κ1) is 12.3. The number of rotatable bonds is 4. The molecule has 0 atom stereocenters. The lowest BCUT2D eigenvalue weighted by molar-refractivity contribution is 0.366. The van der Waals surface area contributed by atoms with Crippen LogP contribution >= 0.6 is 0 Å². The van der Waals surface area contributed by atoms with E-state index in [4.69, 9.17) is 10.8 Å². The number of nitrogens with two attached hydrogens (primary N) is 1. The summed E-state index contributed by atoms with van der Waals surface area (Å²) in [5, 5.41) is 0. The van der Waals surface area contributed by atoms with Gasteiger partial charge in [-0.05, 0) is 44.4 Å². The molecule has 0 bridgehead atoms. The molecule has 0 spiro atoms. The van der Waals surface area contributed by atoms with Gasteiger partial charge >= 0.3 is 0 Å². The number of aliphatic imine (C=N–C) groups is 1. The Morgan fingerprint density at radius 2 is 1.78 bits per heavy atom. The van der Waals surface area contributed by atoms with Gasteiger partial charge in [-0.1, -0.05) is 19.3 Å². The summed E-state index contributed by atoms with van der Waals surface area (Å²) in [6.07, 6.45) is 12.0. The largest absolute Gasteiger partial charge is 0.339 e. The van der Waals surface area contributed by atoms with Gasteiger partial charge in [-0.3, -0.25) is 5.43 Å². The summed E-state index contributed by atoms with van der Waals surface area (Å²) in [5.41, 5.74) is 2.88. The van der Waals surface area contributed by atoms with Gasteiger partial charge in [-0.15, -0.1) is 0 Å².